The van der Waals surface area contributed by atoms with Crippen molar-refractivity contribution in [1.29, 1.82) is 0 Å². The minimum atomic E-state index is -0.376. The van der Waals surface area contributed by atoms with Gasteiger partial charge in [-0.3, -0.25) is 0 Å². The Labute approximate surface area is 132 Å². The van der Waals surface area contributed by atoms with Crippen LogP contribution < -0.4 is 5.32 Å². The number of hydrogen-bond donors (Lipinski definition) is 1. The summed E-state index contributed by atoms with van der Waals surface area (Å²) in [7, 11) is -0.376. The van der Waals surface area contributed by atoms with Gasteiger partial charge in [0.2, 0.25) is 0 Å². The lowest BCUT2D eigenvalue weighted by atomic mass is 10.4. The Morgan fingerprint density at radius 1 is 1.55 bits per heavy atom. The molecule has 1 fully saturated rings. The Balaban J connectivity index is 2.00. The average Bonchev–Trinajstić information content (AvgIpc) is 2.65. The van der Waals surface area contributed by atoms with Crippen LogP contribution in [0.5, 0.6) is 0 Å². The maximum atomic E-state index is 11.5. The molecule has 1 amide bonds. The van der Waals surface area contributed by atoms with Gasteiger partial charge in [-0.05, 0) is 19.4 Å². The quantitative estimate of drug-likeness (QED) is 0.418. The molecule has 1 aliphatic heterocycles. The van der Waals surface area contributed by atoms with Crippen molar-refractivity contribution in [1.82, 2.24) is 5.32 Å². The number of amides is 1. The molecule has 116 valence electrons. The van der Waals surface area contributed by atoms with Gasteiger partial charge in [0.1, 0.15) is 6.61 Å². The highest BCUT2D eigenvalue weighted by Gasteiger charge is 2.16. The van der Waals surface area contributed by atoms with Crippen molar-refractivity contribution in [3.63, 3.8) is 0 Å². The van der Waals surface area contributed by atoms with Gasteiger partial charge in [0.25, 0.3) is 0 Å². The van der Waals surface area contributed by atoms with Crippen molar-refractivity contribution in [2.45, 2.75) is 24.6 Å². The highest BCUT2D eigenvalue weighted by Crippen LogP contribution is 2.25. The summed E-state index contributed by atoms with van der Waals surface area (Å²) in [6.45, 7) is 8.01. The Bertz CT molecular complexity index is 305. The van der Waals surface area contributed by atoms with Gasteiger partial charge in [-0.15, -0.1) is 11.8 Å². The van der Waals surface area contributed by atoms with Crippen LogP contribution in [-0.4, -0.2) is 58.1 Å². The van der Waals surface area contributed by atoms with E-state index in [4.69, 9.17) is 9.16 Å². The lowest BCUT2D eigenvalue weighted by Crippen LogP contribution is -2.28. The van der Waals surface area contributed by atoms with E-state index in [0.29, 0.717) is 18.4 Å². The van der Waals surface area contributed by atoms with E-state index in [1.54, 1.807) is 0 Å². The topological polar surface area (TPSA) is 47.6 Å². The van der Waals surface area contributed by atoms with Gasteiger partial charge < -0.3 is 14.5 Å². The molecule has 4 nitrogen and oxygen atoms in total. The Morgan fingerprint density at radius 2 is 2.40 bits per heavy atom. The number of rotatable bonds is 8. The van der Waals surface area contributed by atoms with Gasteiger partial charge in [0.15, 0.2) is 9.76 Å². The Kier molecular flexibility index (Phi) is 10.3. The van der Waals surface area contributed by atoms with Crippen molar-refractivity contribution >= 4 is 39.4 Å². The molecule has 1 atom stereocenters. The maximum absolute atomic E-state index is 11.5. The monoisotopic (exact) mass is 335 g/mol. The van der Waals surface area contributed by atoms with Crippen LogP contribution in [0.3, 0.4) is 0 Å². The van der Waals surface area contributed by atoms with Crippen LogP contribution in [0.1, 0.15) is 13.3 Å². The summed E-state index contributed by atoms with van der Waals surface area (Å²) >= 11 is 3.71. The first-order valence-electron chi connectivity index (χ1n) is 7.06. The molecule has 0 aliphatic carbocycles. The summed E-state index contributed by atoms with van der Waals surface area (Å²) in [6, 6.07) is 1.10. The molecular weight excluding hydrogens is 310 g/mol. The van der Waals surface area contributed by atoms with E-state index in [-0.39, 0.29) is 15.9 Å². The summed E-state index contributed by atoms with van der Waals surface area (Å²) < 4.78 is 10.6. The summed E-state index contributed by atoms with van der Waals surface area (Å²) in [4.78, 5) is 11.5. The van der Waals surface area contributed by atoms with Crippen molar-refractivity contribution in [3.8, 4) is 0 Å². The molecule has 0 aromatic carbocycles. The number of nitrogens with one attached hydrogen (secondary N) is 1. The van der Waals surface area contributed by atoms with Crippen LogP contribution >= 0.6 is 23.5 Å². The van der Waals surface area contributed by atoms with Crippen LogP contribution in [0.4, 0.5) is 4.79 Å². The molecule has 20 heavy (non-hydrogen) atoms. The summed E-state index contributed by atoms with van der Waals surface area (Å²) in [5, 5.41) is 3.18. The highest BCUT2D eigenvalue weighted by molar-refractivity contribution is 8.04. The minimum Gasteiger partial charge on any atom is -0.448 e. The third kappa shape index (κ3) is 8.94. The maximum Gasteiger partial charge on any atom is 0.407 e. The molecule has 7 heteroatoms. The predicted octanol–water partition coefficient (Wildman–Crippen LogP) is 2.05. The third-order valence-electron chi connectivity index (χ3n) is 2.72. The first-order chi connectivity index (χ1) is 9.72. The zero-order valence-corrected chi connectivity index (χ0v) is 15.2. The van der Waals surface area contributed by atoms with E-state index in [0.717, 1.165) is 36.3 Å². The molecule has 0 aromatic rings. The summed E-state index contributed by atoms with van der Waals surface area (Å²) in [6.07, 6.45) is 0.687. The number of thioether (sulfide) groups is 2. The van der Waals surface area contributed by atoms with Gasteiger partial charge in [-0.1, -0.05) is 12.2 Å². The molecule has 0 spiro atoms. The van der Waals surface area contributed by atoms with Crippen molar-refractivity contribution < 1.29 is 14.0 Å². The second-order valence-corrected chi connectivity index (χ2v) is 8.47. The first kappa shape index (κ1) is 17.9. The van der Waals surface area contributed by atoms with E-state index < -0.39 is 0 Å². The van der Waals surface area contributed by atoms with Crippen LogP contribution in [-0.2, 0) is 9.16 Å². The fourth-order valence-electron chi connectivity index (χ4n) is 1.64. The Hall–Kier alpha value is -0.113. The summed E-state index contributed by atoms with van der Waals surface area (Å²) in [5.74, 6) is 3.03. The van der Waals surface area contributed by atoms with Gasteiger partial charge in [0.05, 0.1) is 0 Å². The standard InChI is InChI=1S/C13H25NO3S2Si/c1-3-17-20-6-4-5-14-13(15)16-7-12-10-18-8-11(2)9-19-12/h12H,2-10,20H2,1H3,(H,14,15). The smallest absolute Gasteiger partial charge is 0.407 e. The van der Waals surface area contributed by atoms with Crippen LogP contribution in [0.15, 0.2) is 12.2 Å². The van der Waals surface area contributed by atoms with Crippen molar-refractivity contribution in [3.05, 3.63) is 12.2 Å². The van der Waals surface area contributed by atoms with Crippen molar-refractivity contribution in [2.24, 2.45) is 0 Å². The van der Waals surface area contributed by atoms with E-state index in [2.05, 4.69) is 11.9 Å². The SMILES string of the molecule is C=C1CSCC(COC(=O)NCCC[SiH2]OCC)SC1. The van der Waals surface area contributed by atoms with E-state index in [9.17, 15) is 4.79 Å². The molecule has 1 N–H and O–H groups in total. The van der Waals surface area contributed by atoms with Gasteiger partial charge >= 0.3 is 6.09 Å². The third-order valence-corrected chi connectivity index (χ3v) is 7.02. The van der Waals surface area contributed by atoms with Crippen LogP contribution in [0, 0.1) is 0 Å². The molecule has 1 aliphatic rings. The van der Waals surface area contributed by atoms with Gasteiger partial charge in [0, 0.05) is 35.7 Å². The molecule has 1 saturated heterocycles. The Morgan fingerprint density at radius 3 is 3.20 bits per heavy atom. The number of alkyl carbamates (subject to hydrolysis) is 1. The molecule has 1 heterocycles. The number of carbonyl (C=O) groups excluding carboxylic acids is 1. The van der Waals surface area contributed by atoms with E-state index in [1.807, 2.05) is 30.4 Å². The molecule has 0 saturated carbocycles. The van der Waals surface area contributed by atoms with Crippen LogP contribution in [0.2, 0.25) is 6.04 Å². The average molecular weight is 336 g/mol. The molecular formula is C13H25NO3S2Si. The molecule has 1 rings (SSSR count). The number of ether oxygens (including phenoxy) is 1. The first-order valence-corrected chi connectivity index (χ1v) is 10.8. The summed E-state index contributed by atoms with van der Waals surface area (Å²) in [5.41, 5.74) is 1.27. The minimum absolute atomic E-state index is 0.295. The number of hydrogen-bond acceptors (Lipinski definition) is 5. The molecule has 0 aromatic heterocycles. The fourth-order valence-corrected chi connectivity index (χ4v) is 5.00. The molecule has 0 radical (unpaired) electrons. The zero-order chi connectivity index (χ0) is 14.6. The number of carbonyl (C=O) groups is 1. The molecule has 1 unspecified atom stereocenters. The fraction of sp³-hybridized carbons (Fsp3) is 0.769. The lowest BCUT2D eigenvalue weighted by Gasteiger charge is -2.13. The lowest BCUT2D eigenvalue weighted by molar-refractivity contribution is 0.148. The second kappa shape index (κ2) is 11.5. The van der Waals surface area contributed by atoms with E-state index >= 15 is 0 Å². The van der Waals surface area contributed by atoms with Crippen molar-refractivity contribution in [2.75, 3.05) is 37.0 Å². The largest absolute Gasteiger partial charge is 0.448 e. The van der Waals surface area contributed by atoms with Gasteiger partial charge in [-0.2, -0.15) is 11.8 Å². The highest BCUT2D eigenvalue weighted by atomic mass is 32.2. The van der Waals surface area contributed by atoms with Crippen LogP contribution in [0.25, 0.3) is 0 Å². The molecule has 0 bridgehead atoms. The van der Waals surface area contributed by atoms with E-state index in [1.165, 1.54) is 5.57 Å². The van der Waals surface area contributed by atoms with Gasteiger partial charge in [-0.25, -0.2) is 4.79 Å². The second-order valence-electron chi connectivity index (χ2n) is 4.63. The zero-order valence-electron chi connectivity index (χ0n) is 12.2. The predicted molar refractivity (Wildman–Crippen MR) is 91.7 cm³/mol. The normalized spacial score (nSPS) is 20.1.